The molecule has 0 unspecified atom stereocenters. The molecule has 0 saturated heterocycles. The van der Waals surface area contributed by atoms with Gasteiger partial charge in [0.15, 0.2) is 0 Å². The molecule has 11 heteroatoms. The van der Waals surface area contributed by atoms with Gasteiger partial charge < -0.3 is 10.1 Å². The molecule has 29 heavy (non-hydrogen) atoms. The predicted octanol–water partition coefficient (Wildman–Crippen LogP) is 4.06. The van der Waals surface area contributed by atoms with Crippen molar-refractivity contribution in [1.29, 1.82) is 0 Å². The lowest BCUT2D eigenvalue weighted by Gasteiger charge is -2.11. The number of rotatable bonds is 8. The molecule has 1 amide bonds. The van der Waals surface area contributed by atoms with E-state index in [1.54, 1.807) is 12.1 Å². The minimum absolute atomic E-state index is 0.0270. The fraction of sp³-hybridized carbons (Fsp3) is 0.278. The zero-order valence-corrected chi connectivity index (χ0v) is 16.8. The Balaban J connectivity index is 1.90. The van der Waals surface area contributed by atoms with Crippen LogP contribution in [0.25, 0.3) is 0 Å². The molecular formula is C18H18ClF3N2O4S. The number of carbonyl (C=O) groups is 1. The van der Waals surface area contributed by atoms with Gasteiger partial charge in [0.1, 0.15) is 5.75 Å². The first kappa shape index (κ1) is 23.0. The molecule has 2 aromatic rings. The van der Waals surface area contributed by atoms with Crippen molar-refractivity contribution in [2.45, 2.75) is 23.9 Å². The Morgan fingerprint density at radius 3 is 2.55 bits per heavy atom. The average Bonchev–Trinajstić information content (AvgIpc) is 2.65. The van der Waals surface area contributed by atoms with Crippen LogP contribution in [0.2, 0.25) is 5.02 Å². The van der Waals surface area contributed by atoms with Crippen molar-refractivity contribution in [2.24, 2.45) is 0 Å². The second-order valence-electron chi connectivity index (χ2n) is 5.92. The van der Waals surface area contributed by atoms with Gasteiger partial charge in [-0.1, -0.05) is 17.7 Å². The van der Waals surface area contributed by atoms with Gasteiger partial charge in [-0.3, -0.25) is 4.79 Å². The Labute approximate surface area is 171 Å². The molecule has 6 nitrogen and oxygen atoms in total. The van der Waals surface area contributed by atoms with E-state index in [9.17, 15) is 26.4 Å². The quantitative estimate of drug-likeness (QED) is 0.594. The van der Waals surface area contributed by atoms with Crippen LogP contribution in [0.1, 0.15) is 18.4 Å². The third kappa shape index (κ3) is 6.62. The first-order chi connectivity index (χ1) is 13.5. The highest BCUT2D eigenvalue weighted by Crippen LogP contribution is 2.30. The SMILES string of the molecule is COc1ccc(Cl)cc1NC(=O)CCCNS(=O)(=O)c1cccc(C(F)(F)F)c1. The van der Waals surface area contributed by atoms with Crippen LogP contribution in [0.4, 0.5) is 18.9 Å². The minimum atomic E-state index is -4.65. The molecule has 0 aliphatic rings. The summed E-state index contributed by atoms with van der Waals surface area (Å²) in [6, 6.07) is 8.11. The number of ether oxygens (including phenoxy) is 1. The Bertz CT molecular complexity index is 981. The number of amides is 1. The van der Waals surface area contributed by atoms with Crippen molar-refractivity contribution >= 4 is 33.2 Å². The van der Waals surface area contributed by atoms with Crippen molar-refractivity contribution in [3.63, 3.8) is 0 Å². The molecule has 0 atom stereocenters. The molecule has 0 aliphatic heterocycles. The Morgan fingerprint density at radius 1 is 1.17 bits per heavy atom. The molecule has 2 rings (SSSR count). The molecule has 0 aliphatic carbocycles. The largest absolute Gasteiger partial charge is 0.495 e. The summed E-state index contributed by atoms with van der Waals surface area (Å²) >= 11 is 5.88. The monoisotopic (exact) mass is 450 g/mol. The summed E-state index contributed by atoms with van der Waals surface area (Å²) in [5, 5.41) is 3.00. The second-order valence-corrected chi connectivity index (χ2v) is 8.12. The van der Waals surface area contributed by atoms with E-state index >= 15 is 0 Å². The zero-order chi connectivity index (χ0) is 21.7. The van der Waals surface area contributed by atoms with Gasteiger partial charge in [0.2, 0.25) is 15.9 Å². The highest BCUT2D eigenvalue weighted by molar-refractivity contribution is 7.89. The van der Waals surface area contributed by atoms with Crippen LogP contribution in [-0.2, 0) is 21.0 Å². The standard InChI is InChI=1S/C18H18ClF3N2O4S/c1-28-16-8-7-13(19)11-15(16)24-17(25)6-3-9-23-29(26,27)14-5-2-4-12(10-14)18(20,21)22/h2,4-5,7-8,10-11,23H,3,6,9H2,1H3,(H,24,25). The van der Waals surface area contributed by atoms with Gasteiger partial charge >= 0.3 is 6.18 Å². The summed E-state index contributed by atoms with van der Waals surface area (Å²) in [7, 11) is -2.70. The lowest BCUT2D eigenvalue weighted by atomic mass is 10.2. The molecule has 0 fully saturated rings. The van der Waals surface area contributed by atoms with Crippen LogP contribution in [-0.4, -0.2) is 28.0 Å². The van der Waals surface area contributed by atoms with Crippen LogP contribution >= 0.6 is 11.6 Å². The summed E-state index contributed by atoms with van der Waals surface area (Å²) in [5.74, 6) is 0.0110. The van der Waals surface area contributed by atoms with E-state index in [2.05, 4.69) is 10.0 Å². The number of methoxy groups -OCH3 is 1. The number of sulfonamides is 1. The molecule has 0 spiro atoms. The molecule has 158 valence electrons. The van der Waals surface area contributed by atoms with E-state index in [4.69, 9.17) is 16.3 Å². The number of carbonyl (C=O) groups excluding carboxylic acids is 1. The Morgan fingerprint density at radius 2 is 1.90 bits per heavy atom. The van der Waals surface area contributed by atoms with E-state index in [1.807, 2.05) is 0 Å². The molecule has 0 aromatic heterocycles. The summed E-state index contributed by atoms with van der Waals surface area (Å²) in [5.41, 5.74) is -0.690. The van der Waals surface area contributed by atoms with Gasteiger partial charge in [-0.25, -0.2) is 13.1 Å². The number of alkyl halides is 3. The van der Waals surface area contributed by atoms with Crippen LogP contribution < -0.4 is 14.8 Å². The highest BCUT2D eigenvalue weighted by atomic mass is 35.5. The number of benzene rings is 2. The van der Waals surface area contributed by atoms with Crippen LogP contribution in [0.3, 0.4) is 0 Å². The van der Waals surface area contributed by atoms with Gasteiger partial charge in [-0.15, -0.1) is 0 Å². The van der Waals surface area contributed by atoms with Crippen molar-refractivity contribution in [3.05, 3.63) is 53.1 Å². The van der Waals surface area contributed by atoms with Gasteiger partial charge in [0.05, 0.1) is 23.3 Å². The van der Waals surface area contributed by atoms with E-state index in [0.717, 1.165) is 18.2 Å². The molecule has 2 aromatic carbocycles. The van der Waals surface area contributed by atoms with E-state index in [0.29, 0.717) is 22.5 Å². The maximum atomic E-state index is 12.7. The summed E-state index contributed by atoms with van der Waals surface area (Å²) in [6.45, 7) is -0.126. The van der Waals surface area contributed by atoms with E-state index in [-0.39, 0.29) is 19.4 Å². The van der Waals surface area contributed by atoms with Crippen molar-refractivity contribution < 1.29 is 31.1 Å². The Hall–Kier alpha value is -2.30. The van der Waals surface area contributed by atoms with Crippen LogP contribution in [0.5, 0.6) is 5.75 Å². The lowest BCUT2D eigenvalue weighted by Crippen LogP contribution is -2.26. The lowest BCUT2D eigenvalue weighted by molar-refractivity contribution is -0.137. The Kier molecular flexibility index (Phi) is 7.50. The van der Waals surface area contributed by atoms with Crippen LogP contribution in [0, 0.1) is 0 Å². The molecule has 0 saturated carbocycles. The predicted molar refractivity (Wildman–Crippen MR) is 103 cm³/mol. The number of hydrogen-bond donors (Lipinski definition) is 2. The van der Waals surface area contributed by atoms with Crippen molar-refractivity contribution in [2.75, 3.05) is 19.0 Å². The van der Waals surface area contributed by atoms with Crippen molar-refractivity contribution in [1.82, 2.24) is 4.72 Å². The van der Waals surface area contributed by atoms with Crippen LogP contribution in [0.15, 0.2) is 47.4 Å². The fourth-order valence-corrected chi connectivity index (χ4v) is 3.66. The highest BCUT2D eigenvalue weighted by Gasteiger charge is 2.31. The third-order valence-electron chi connectivity index (χ3n) is 3.78. The molecular weight excluding hydrogens is 433 g/mol. The number of nitrogens with one attached hydrogen (secondary N) is 2. The molecule has 2 N–H and O–H groups in total. The maximum Gasteiger partial charge on any atom is 0.416 e. The average molecular weight is 451 g/mol. The normalized spacial score (nSPS) is 11.9. The molecule has 0 radical (unpaired) electrons. The van der Waals surface area contributed by atoms with E-state index in [1.165, 1.54) is 13.2 Å². The van der Waals surface area contributed by atoms with E-state index < -0.39 is 32.6 Å². The van der Waals surface area contributed by atoms with Gasteiger partial charge in [-0.2, -0.15) is 13.2 Å². The maximum absolute atomic E-state index is 12.7. The summed E-state index contributed by atoms with van der Waals surface area (Å²) in [6.07, 6.45) is -4.54. The number of halogens is 4. The smallest absolute Gasteiger partial charge is 0.416 e. The zero-order valence-electron chi connectivity index (χ0n) is 15.2. The first-order valence-electron chi connectivity index (χ1n) is 8.33. The topological polar surface area (TPSA) is 84.5 Å². The molecule has 0 bridgehead atoms. The van der Waals surface area contributed by atoms with Crippen molar-refractivity contribution in [3.8, 4) is 5.75 Å². The van der Waals surface area contributed by atoms with Gasteiger partial charge in [0.25, 0.3) is 0 Å². The minimum Gasteiger partial charge on any atom is -0.495 e. The second kappa shape index (κ2) is 9.47. The van der Waals surface area contributed by atoms with Gasteiger partial charge in [-0.05, 0) is 42.8 Å². The summed E-state index contributed by atoms with van der Waals surface area (Å²) in [4.78, 5) is 11.5. The fourth-order valence-electron chi connectivity index (χ4n) is 2.37. The summed E-state index contributed by atoms with van der Waals surface area (Å²) < 4.78 is 69.8. The number of hydrogen-bond acceptors (Lipinski definition) is 4. The number of anilines is 1. The third-order valence-corrected chi connectivity index (χ3v) is 5.47. The first-order valence-corrected chi connectivity index (χ1v) is 10.2. The molecule has 0 heterocycles. The van der Waals surface area contributed by atoms with Gasteiger partial charge in [0, 0.05) is 18.0 Å².